The maximum Gasteiger partial charge on any atom is -0.0236 e. The quantitative estimate of drug-likeness (QED) is 0.569. The van der Waals surface area contributed by atoms with Crippen molar-refractivity contribution in [2.24, 2.45) is 35.5 Å². The second-order valence-corrected chi connectivity index (χ2v) is 6.85. The van der Waals surface area contributed by atoms with Crippen LogP contribution in [-0.2, 0) is 0 Å². The lowest BCUT2D eigenvalue weighted by molar-refractivity contribution is 0.0614. The lowest BCUT2D eigenvalue weighted by Gasteiger charge is -2.44. The largest absolute Gasteiger partial charge is 0.103 e. The lowest BCUT2D eigenvalue weighted by atomic mass is 9.61. The fraction of sp³-hybridized carbons (Fsp3) is 0.882. The van der Waals surface area contributed by atoms with Gasteiger partial charge in [0.15, 0.2) is 0 Å². The van der Waals surface area contributed by atoms with Gasteiger partial charge in [-0.25, -0.2) is 0 Å². The van der Waals surface area contributed by atoms with Crippen LogP contribution in [0.2, 0.25) is 0 Å². The molecule has 17 heavy (non-hydrogen) atoms. The molecule has 0 nitrogen and oxygen atoms in total. The summed E-state index contributed by atoms with van der Waals surface area (Å²) in [5.74, 6) is 5.70. The van der Waals surface area contributed by atoms with Crippen molar-refractivity contribution < 1.29 is 0 Å². The first-order chi connectivity index (χ1) is 8.13. The van der Waals surface area contributed by atoms with Crippen molar-refractivity contribution in [2.75, 3.05) is 0 Å². The minimum atomic E-state index is 0.821. The normalized spacial score (nSPS) is 47.7. The van der Waals surface area contributed by atoms with Crippen molar-refractivity contribution in [3.8, 4) is 0 Å². The highest BCUT2D eigenvalue weighted by molar-refractivity contribution is 4.90. The van der Waals surface area contributed by atoms with Gasteiger partial charge in [-0.3, -0.25) is 0 Å². The highest BCUT2D eigenvalue weighted by atomic mass is 14.4. The number of hydrogen-bond donors (Lipinski definition) is 0. The van der Waals surface area contributed by atoms with Gasteiger partial charge in [0.05, 0.1) is 0 Å². The molecule has 4 unspecified atom stereocenters. The van der Waals surface area contributed by atoms with E-state index in [9.17, 15) is 0 Å². The van der Waals surface area contributed by atoms with Gasteiger partial charge < -0.3 is 0 Å². The Labute approximate surface area is 108 Å². The topological polar surface area (TPSA) is 0 Å². The lowest BCUT2D eigenvalue weighted by Crippen LogP contribution is -2.35. The van der Waals surface area contributed by atoms with Crippen LogP contribution in [0.15, 0.2) is 12.7 Å². The van der Waals surface area contributed by atoms with E-state index in [2.05, 4.69) is 33.4 Å². The molecule has 0 saturated heterocycles. The third kappa shape index (κ3) is 2.77. The summed E-state index contributed by atoms with van der Waals surface area (Å²) in [5.41, 5.74) is 0. The Kier molecular flexibility index (Phi) is 4.33. The first kappa shape index (κ1) is 13.2. The third-order valence-electron chi connectivity index (χ3n) is 6.11. The maximum atomic E-state index is 3.96. The molecule has 0 heteroatoms. The third-order valence-corrected chi connectivity index (χ3v) is 6.11. The van der Waals surface area contributed by atoms with E-state index in [1.54, 1.807) is 0 Å². The van der Waals surface area contributed by atoms with E-state index in [-0.39, 0.29) is 0 Å². The van der Waals surface area contributed by atoms with Crippen molar-refractivity contribution in [2.45, 2.75) is 59.3 Å². The van der Waals surface area contributed by atoms with Crippen molar-refractivity contribution in [3.63, 3.8) is 0 Å². The zero-order valence-corrected chi connectivity index (χ0v) is 12.0. The van der Waals surface area contributed by atoms with Gasteiger partial charge in [0, 0.05) is 0 Å². The van der Waals surface area contributed by atoms with Crippen LogP contribution in [0.5, 0.6) is 0 Å². The van der Waals surface area contributed by atoms with Crippen LogP contribution in [0.25, 0.3) is 0 Å². The first-order valence-electron chi connectivity index (χ1n) is 7.76. The monoisotopic (exact) mass is 234 g/mol. The van der Waals surface area contributed by atoms with Gasteiger partial charge in [0.1, 0.15) is 0 Å². The molecular formula is C17H30. The average molecular weight is 234 g/mol. The van der Waals surface area contributed by atoms with Crippen LogP contribution in [-0.4, -0.2) is 0 Å². The first-order valence-corrected chi connectivity index (χ1v) is 7.76. The molecule has 0 amide bonds. The maximum absolute atomic E-state index is 3.96. The summed E-state index contributed by atoms with van der Waals surface area (Å²) < 4.78 is 0. The second kappa shape index (κ2) is 5.59. The second-order valence-electron chi connectivity index (χ2n) is 6.85. The molecule has 0 N–H and O–H groups in total. The number of rotatable bonds is 2. The molecule has 0 radical (unpaired) electrons. The fourth-order valence-corrected chi connectivity index (χ4v) is 4.36. The van der Waals surface area contributed by atoms with E-state index in [0.717, 1.165) is 35.5 Å². The summed E-state index contributed by atoms with van der Waals surface area (Å²) in [4.78, 5) is 0. The molecule has 0 aromatic rings. The van der Waals surface area contributed by atoms with Gasteiger partial charge in [0.25, 0.3) is 0 Å². The highest BCUT2D eigenvalue weighted by Gasteiger charge is 2.37. The highest BCUT2D eigenvalue weighted by Crippen LogP contribution is 2.46. The van der Waals surface area contributed by atoms with E-state index in [1.807, 2.05) is 0 Å². The van der Waals surface area contributed by atoms with E-state index >= 15 is 0 Å². The molecule has 2 aliphatic rings. The summed E-state index contributed by atoms with van der Waals surface area (Å²) >= 11 is 0. The van der Waals surface area contributed by atoms with Crippen LogP contribution in [0.1, 0.15) is 59.3 Å². The summed E-state index contributed by atoms with van der Waals surface area (Å²) in [6.45, 7) is 11.4. The molecule has 0 aromatic heterocycles. The van der Waals surface area contributed by atoms with Gasteiger partial charge in [-0.2, -0.15) is 0 Å². The Hall–Kier alpha value is -0.260. The van der Waals surface area contributed by atoms with Crippen LogP contribution in [0.3, 0.4) is 0 Å². The van der Waals surface area contributed by atoms with Crippen LogP contribution in [0, 0.1) is 35.5 Å². The molecule has 2 fully saturated rings. The Morgan fingerprint density at radius 1 is 0.824 bits per heavy atom. The Morgan fingerprint density at radius 3 is 2.06 bits per heavy atom. The van der Waals surface area contributed by atoms with E-state index in [0.29, 0.717) is 0 Å². The van der Waals surface area contributed by atoms with Crippen molar-refractivity contribution in [3.05, 3.63) is 12.7 Å². The molecule has 0 aliphatic heterocycles. The number of allylic oxidation sites excluding steroid dienone is 1. The number of hydrogen-bond acceptors (Lipinski definition) is 0. The molecule has 2 rings (SSSR count). The molecule has 2 aliphatic carbocycles. The molecule has 0 bridgehead atoms. The smallest absolute Gasteiger partial charge is 0.0236 e. The summed E-state index contributed by atoms with van der Waals surface area (Å²) in [6.07, 6.45) is 10.9. The predicted octanol–water partition coefficient (Wildman–Crippen LogP) is 5.30. The molecule has 2 saturated carbocycles. The summed E-state index contributed by atoms with van der Waals surface area (Å²) in [5, 5.41) is 0. The van der Waals surface area contributed by atoms with Crippen LogP contribution in [0.4, 0.5) is 0 Å². The van der Waals surface area contributed by atoms with Crippen LogP contribution < -0.4 is 0 Å². The molecule has 4 atom stereocenters. The van der Waals surface area contributed by atoms with E-state index < -0.39 is 0 Å². The molecule has 0 heterocycles. The van der Waals surface area contributed by atoms with Crippen LogP contribution >= 0.6 is 0 Å². The standard InChI is InChI=1S/C17H30/c1-5-15-7-9-16(10-8-15)17-11-6-12(2)13(3)14(17)4/h5,12-17H,1,6-11H2,2-4H3. The Bertz CT molecular complexity index is 247. The van der Waals surface area contributed by atoms with Gasteiger partial charge in [0.2, 0.25) is 0 Å². The summed E-state index contributed by atoms with van der Waals surface area (Å²) in [6, 6.07) is 0. The van der Waals surface area contributed by atoms with Gasteiger partial charge in [-0.15, -0.1) is 6.58 Å². The zero-order valence-electron chi connectivity index (χ0n) is 12.0. The van der Waals surface area contributed by atoms with Crippen molar-refractivity contribution >= 4 is 0 Å². The molecule has 98 valence electrons. The van der Waals surface area contributed by atoms with Gasteiger partial charge >= 0.3 is 0 Å². The SMILES string of the molecule is C=CC1CCC(C2CCC(C)C(C)C2C)CC1. The average Bonchev–Trinajstić information content (AvgIpc) is 2.36. The minimum absolute atomic E-state index is 0.821. The van der Waals surface area contributed by atoms with Gasteiger partial charge in [-0.05, 0) is 67.6 Å². The van der Waals surface area contributed by atoms with Gasteiger partial charge in [-0.1, -0.05) is 33.3 Å². The summed E-state index contributed by atoms with van der Waals surface area (Å²) in [7, 11) is 0. The Morgan fingerprint density at radius 2 is 1.47 bits per heavy atom. The van der Waals surface area contributed by atoms with Crippen molar-refractivity contribution in [1.29, 1.82) is 0 Å². The Balaban J connectivity index is 1.92. The minimum Gasteiger partial charge on any atom is -0.103 e. The van der Waals surface area contributed by atoms with E-state index in [4.69, 9.17) is 0 Å². The predicted molar refractivity (Wildman–Crippen MR) is 75.9 cm³/mol. The van der Waals surface area contributed by atoms with E-state index in [1.165, 1.54) is 38.5 Å². The van der Waals surface area contributed by atoms with Crippen molar-refractivity contribution in [1.82, 2.24) is 0 Å². The molecule has 0 spiro atoms. The molecule has 0 aromatic carbocycles. The molecular weight excluding hydrogens is 204 g/mol. The zero-order chi connectivity index (χ0) is 12.4. The fourth-order valence-electron chi connectivity index (χ4n) is 4.36.